The zero-order valence-corrected chi connectivity index (χ0v) is 17.7. The Labute approximate surface area is 177 Å². The molecule has 2 aromatic carbocycles. The Bertz CT molecular complexity index is 672. The van der Waals surface area contributed by atoms with Crippen LogP contribution in [0.2, 0.25) is 0 Å². The standard InChI is InChI=1S/C10H8O5S.3Na/c11-7-2-1-6-3-8(16(13,14)15)5-10(12)9(6)4-7;;;/h1-5,11-12H,(H,13,14,15);;;/q;3*+1/p-3. The second kappa shape index (κ2) is 8.60. The molecule has 0 fully saturated rings. The third-order valence-corrected chi connectivity index (χ3v) is 2.96. The van der Waals surface area contributed by atoms with Crippen LogP contribution in [-0.4, -0.2) is 13.0 Å². The van der Waals surface area contributed by atoms with Gasteiger partial charge in [-0.05, 0) is 16.8 Å². The van der Waals surface area contributed by atoms with E-state index in [0.717, 1.165) is 18.2 Å². The molecule has 0 amide bonds. The van der Waals surface area contributed by atoms with Crippen molar-refractivity contribution < 1.29 is 112 Å². The number of fused-ring (bicyclic) bond motifs is 1. The molecule has 0 saturated heterocycles. The summed E-state index contributed by atoms with van der Waals surface area (Å²) in [7, 11) is -4.66. The van der Waals surface area contributed by atoms with Crippen molar-refractivity contribution in [3.63, 3.8) is 0 Å². The topological polar surface area (TPSA) is 103 Å². The second-order valence-corrected chi connectivity index (χ2v) is 4.64. The molecular formula is C10H5Na3O5S. The van der Waals surface area contributed by atoms with Gasteiger partial charge in [0, 0.05) is 0 Å². The van der Waals surface area contributed by atoms with Crippen LogP contribution in [0.1, 0.15) is 0 Å². The Balaban J connectivity index is 0. The predicted molar refractivity (Wildman–Crippen MR) is 50.8 cm³/mol. The average Bonchev–Trinajstić information content (AvgIpc) is 2.17. The molecule has 0 heterocycles. The Morgan fingerprint density at radius 1 is 0.895 bits per heavy atom. The van der Waals surface area contributed by atoms with E-state index in [2.05, 4.69) is 0 Å². The summed E-state index contributed by atoms with van der Waals surface area (Å²) < 4.78 is 32.2. The fourth-order valence-corrected chi connectivity index (χ4v) is 1.94. The van der Waals surface area contributed by atoms with Gasteiger partial charge in [0.1, 0.15) is 10.1 Å². The molecule has 2 rings (SSSR count). The van der Waals surface area contributed by atoms with Gasteiger partial charge in [-0.25, -0.2) is 8.42 Å². The van der Waals surface area contributed by atoms with E-state index in [1.807, 2.05) is 0 Å². The summed E-state index contributed by atoms with van der Waals surface area (Å²) in [5.41, 5.74) is 0. The number of rotatable bonds is 1. The van der Waals surface area contributed by atoms with Gasteiger partial charge in [-0.2, -0.15) is 0 Å². The van der Waals surface area contributed by atoms with Crippen molar-refractivity contribution in [3.8, 4) is 11.5 Å². The Morgan fingerprint density at radius 2 is 1.47 bits per heavy atom. The largest absolute Gasteiger partial charge is 1.00 e. The first-order valence-electron chi connectivity index (χ1n) is 4.26. The monoisotopic (exact) mass is 306 g/mol. The molecule has 0 aliphatic heterocycles. The number of hydrogen-bond acceptors (Lipinski definition) is 5. The molecule has 5 nitrogen and oxygen atoms in total. The maximum absolute atomic E-state index is 11.5. The summed E-state index contributed by atoms with van der Waals surface area (Å²) in [5, 5.41) is 22.8. The van der Waals surface area contributed by atoms with E-state index < -0.39 is 20.8 Å². The van der Waals surface area contributed by atoms with Gasteiger partial charge in [-0.1, -0.05) is 30.0 Å². The number of hydrogen-bond donors (Lipinski definition) is 0. The van der Waals surface area contributed by atoms with Gasteiger partial charge in [0.15, 0.2) is 0 Å². The third kappa shape index (κ3) is 5.48. The first-order chi connectivity index (χ1) is 7.38. The molecule has 9 heteroatoms. The molecule has 0 aromatic heterocycles. The Morgan fingerprint density at radius 3 is 2.00 bits per heavy atom. The fourth-order valence-electron chi connectivity index (χ4n) is 1.42. The van der Waals surface area contributed by atoms with Gasteiger partial charge in [0.2, 0.25) is 0 Å². The van der Waals surface area contributed by atoms with Crippen LogP contribution in [0.3, 0.4) is 0 Å². The summed E-state index contributed by atoms with van der Waals surface area (Å²) in [4.78, 5) is -0.580. The van der Waals surface area contributed by atoms with Crippen LogP contribution in [0.4, 0.5) is 0 Å². The van der Waals surface area contributed by atoms with Gasteiger partial charge in [0.25, 0.3) is 0 Å². The quantitative estimate of drug-likeness (QED) is 0.384. The molecule has 0 radical (unpaired) electrons. The van der Waals surface area contributed by atoms with Crippen molar-refractivity contribution in [2.75, 3.05) is 0 Å². The maximum Gasteiger partial charge on any atom is 1.00 e. The Kier molecular flexibility index (Phi) is 10.2. The van der Waals surface area contributed by atoms with E-state index in [9.17, 15) is 23.2 Å². The molecule has 0 unspecified atom stereocenters. The van der Waals surface area contributed by atoms with E-state index in [4.69, 9.17) is 0 Å². The summed E-state index contributed by atoms with van der Waals surface area (Å²) >= 11 is 0. The summed E-state index contributed by atoms with van der Waals surface area (Å²) in [6.45, 7) is 0. The summed E-state index contributed by atoms with van der Waals surface area (Å²) in [6, 6.07) is 5.43. The van der Waals surface area contributed by atoms with Crippen LogP contribution >= 0.6 is 0 Å². The molecule has 0 aliphatic carbocycles. The molecule has 0 saturated carbocycles. The molecule has 0 N–H and O–H groups in total. The van der Waals surface area contributed by atoms with Gasteiger partial charge >= 0.3 is 88.7 Å². The molecule has 0 aliphatic rings. The molecular weight excluding hydrogens is 301 g/mol. The van der Waals surface area contributed by atoms with Crippen molar-refractivity contribution >= 4 is 20.9 Å². The van der Waals surface area contributed by atoms with Gasteiger partial charge < -0.3 is 14.8 Å². The normalized spacial score (nSPS) is 9.95. The molecule has 19 heavy (non-hydrogen) atoms. The van der Waals surface area contributed by atoms with E-state index in [-0.39, 0.29) is 105 Å². The van der Waals surface area contributed by atoms with Crippen LogP contribution in [0.15, 0.2) is 35.2 Å². The van der Waals surface area contributed by atoms with Gasteiger partial charge in [0.05, 0.1) is 4.90 Å². The fraction of sp³-hybridized carbons (Fsp3) is 0. The van der Waals surface area contributed by atoms with Crippen LogP contribution in [0.5, 0.6) is 11.5 Å². The van der Waals surface area contributed by atoms with Crippen molar-refractivity contribution in [1.82, 2.24) is 0 Å². The van der Waals surface area contributed by atoms with E-state index >= 15 is 0 Å². The van der Waals surface area contributed by atoms with Crippen LogP contribution in [0.25, 0.3) is 10.8 Å². The minimum atomic E-state index is -4.66. The second-order valence-electron chi connectivity index (χ2n) is 3.26. The average molecular weight is 306 g/mol. The molecule has 2 aromatic rings. The van der Waals surface area contributed by atoms with E-state index in [1.54, 1.807) is 0 Å². The van der Waals surface area contributed by atoms with Gasteiger partial charge in [-0.15, -0.1) is 5.75 Å². The summed E-state index contributed by atoms with van der Waals surface area (Å²) in [5.74, 6) is -0.994. The Hall–Kier alpha value is 1.21. The van der Waals surface area contributed by atoms with E-state index in [1.165, 1.54) is 12.1 Å². The predicted octanol–water partition coefficient (Wildman–Crippen LogP) is -9.10. The smallest absolute Gasteiger partial charge is 0.872 e. The minimum Gasteiger partial charge on any atom is -0.872 e. The first kappa shape index (κ1) is 22.5. The van der Waals surface area contributed by atoms with Crippen LogP contribution < -0.4 is 98.9 Å². The number of benzene rings is 2. The zero-order chi connectivity index (χ0) is 11.9. The van der Waals surface area contributed by atoms with E-state index in [0.29, 0.717) is 0 Å². The zero-order valence-electron chi connectivity index (χ0n) is 10.8. The first-order valence-corrected chi connectivity index (χ1v) is 5.66. The maximum atomic E-state index is 11.5. The molecule has 0 bridgehead atoms. The third-order valence-electron chi connectivity index (χ3n) is 2.15. The molecule has 0 atom stereocenters. The molecule has 0 spiro atoms. The van der Waals surface area contributed by atoms with Crippen molar-refractivity contribution in [2.24, 2.45) is 0 Å². The SMILES string of the molecule is O=S(=O)([O-])c1cc([O-])c2cc([O-])ccc2c1.[Na+].[Na+].[Na+]. The van der Waals surface area contributed by atoms with Crippen molar-refractivity contribution in [2.45, 2.75) is 4.90 Å². The summed E-state index contributed by atoms with van der Waals surface area (Å²) in [6.07, 6.45) is 0. The minimum absolute atomic E-state index is 0. The van der Waals surface area contributed by atoms with Crippen LogP contribution in [0, 0.1) is 0 Å². The van der Waals surface area contributed by atoms with Crippen molar-refractivity contribution in [3.05, 3.63) is 30.3 Å². The van der Waals surface area contributed by atoms with Gasteiger partial charge in [-0.3, -0.25) is 0 Å². The van der Waals surface area contributed by atoms with Crippen LogP contribution in [-0.2, 0) is 10.1 Å². The van der Waals surface area contributed by atoms with Crippen molar-refractivity contribution in [1.29, 1.82) is 0 Å². The molecule has 84 valence electrons.